The fourth-order valence-electron chi connectivity index (χ4n) is 5.47. The highest BCUT2D eigenvalue weighted by Gasteiger charge is 2.41. The molecule has 1 aliphatic rings. The Morgan fingerprint density at radius 1 is 0.457 bits per heavy atom. The lowest BCUT2D eigenvalue weighted by atomic mass is 9.86. The number of para-hydroxylation sites is 1. The standard InChI is InChI=1S/C32H19NO2/c34-31-29-26(20-11-3-1-4-12-20)19-27-24-17-8-7-15-22(24)23-16-9-10-18-25(23)28(27)30(29)32(35)33(31)21-13-5-2-6-14-21/h1-19H. The van der Waals surface area contributed by atoms with E-state index in [1.54, 1.807) is 12.1 Å². The molecule has 0 unspecified atom stereocenters. The van der Waals surface area contributed by atoms with Crippen molar-refractivity contribution in [2.75, 3.05) is 4.90 Å². The Balaban J connectivity index is 1.70. The number of hydrogen-bond donors (Lipinski definition) is 0. The van der Waals surface area contributed by atoms with Gasteiger partial charge in [-0.25, -0.2) is 4.90 Å². The number of carbonyl (C=O) groups is 2. The molecule has 1 heterocycles. The van der Waals surface area contributed by atoms with Crippen molar-refractivity contribution < 1.29 is 9.59 Å². The lowest BCUT2D eigenvalue weighted by Crippen LogP contribution is -2.29. The quantitative estimate of drug-likeness (QED) is 0.201. The molecule has 7 rings (SSSR count). The molecule has 35 heavy (non-hydrogen) atoms. The van der Waals surface area contributed by atoms with E-state index in [4.69, 9.17) is 0 Å². The number of nitrogens with zero attached hydrogens (tertiary/aromatic N) is 1. The Kier molecular flexibility index (Phi) is 4.15. The van der Waals surface area contributed by atoms with E-state index in [2.05, 4.69) is 30.3 Å². The molecule has 2 amide bonds. The van der Waals surface area contributed by atoms with Gasteiger partial charge in [0, 0.05) is 5.39 Å². The van der Waals surface area contributed by atoms with Crippen LogP contribution < -0.4 is 4.90 Å². The highest BCUT2D eigenvalue weighted by molar-refractivity contribution is 6.43. The number of amides is 2. The summed E-state index contributed by atoms with van der Waals surface area (Å²) in [5.74, 6) is -0.561. The summed E-state index contributed by atoms with van der Waals surface area (Å²) in [6.45, 7) is 0. The fraction of sp³-hybridized carbons (Fsp3) is 0. The summed E-state index contributed by atoms with van der Waals surface area (Å²) < 4.78 is 0. The Labute approximate surface area is 201 Å². The molecule has 6 aromatic carbocycles. The van der Waals surface area contributed by atoms with Gasteiger partial charge in [-0.2, -0.15) is 0 Å². The third-order valence-corrected chi connectivity index (χ3v) is 6.96. The van der Waals surface area contributed by atoms with Gasteiger partial charge in [-0.15, -0.1) is 0 Å². The van der Waals surface area contributed by atoms with Crippen molar-refractivity contribution in [1.82, 2.24) is 0 Å². The summed E-state index contributed by atoms with van der Waals surface area (Å²) in [6, 6.07) is 37.6. The first-order chi connectivity index (χ1) is 17.2. The van der Waals surface area contributed by atoms with E-state index in [0.717, 1.165) is 43.4 Å². The van der Waals surface area contributed by atoms with Gasteiger partial charge in [0.05, 0.1) is 16.8 Å². The Morgan fingerprint density at radius 2 is 0.943 bits per heavy atom. The van der Waals surface area contributed by atoms with E-state index in [1.807, 2.05) is 72.8 Å². The van der Waals surface area contributed by atoms with Crippen molar-refractivity contribution in [3.8, 4) is 11.1 Å². The zero-order valence-corrected chi connectivity index (χ0v) is 18.7. The molecule has 3 heteroatoms. The average molecular weight is 450 g/mol. The van der Waals surface area contributed by atoms with Gasteiger partial charge in [0.15, 0.2) is 0 Å². The number of anilines is 1. The average Bonchev–Trinajstić information content (AvgIpc) is 3.19. The maximum Gasteiger partial charge on any atom is 0.266 e. The van der Waals surface area contributed by atoms with Crippen molar-refractivity contribution in [2.24, 2.45) is 0 Å². The molecule has 6 aromatic rings. The van der Waals surface area contributed by atoms with Crippen LogP contribution in [0.3, 0.4) is 0 Å². The van der Waals surface area contributed by atoms with Gasteiger partial charge in [0.2, 0.25) is 0 Å². The van der Waals surface area contributed by atoms with Gasteiger partial charge in [-0.1, -0.05) is 97.1 Å². The van der Waals surface area contributed by atoms with Crippen LogP contribution in [0.5, 0.6) is 0 Å². The van der Waals surface area contributed by atoms with Crippen molar-refractivity contribution in [3.05, 3.63) is 126 Å². The molecule has 0 aromatic heterocycles. The van der Waals surface area contributed by atoms with E-state index >= 15 is 0 Å². The first kappa shape index (κ1) is 19.7. The van der Waals surface area contributed by atoms with E-state index in [1.165, 1.54) is 4.90 Å². The summed E-state index contributed by atoms with van der Waals surface area (Å²) in [7, 11) is 0. The number of fused-ring (bicyclic) bond motifs is 8. The van der Waals surface area contributed by atoms with Crippen LogP contribution in [0.15, 0.2) is 115 Å². The maximum atomic E-state index is 14.1. The molecule has 0 saturated heterocycles. The predicted octanol–water partition coefficient (Wildman–Crippen LogP) is 7.61. The zero-order chi connectivity index (χ0) is 23.5. The van der Waals surface area contributed by atoms with Gasteiger partial charge < -0.3 is 0 Å². The monoisotopic (exact) mass is 449 g/mol. The summed E-state index contributed by atoms with van der Waals surface area (Å²) in [4.78, 5) is 29.4. The second kappa shape index (κ2) is 7.37. The second-order valence-electron chi connectivity index (χ2n) is 8.84. The van der Waals surface area contributed by atoms with Crippen LogP contribution in [0, 0.1) is 0 Å². The summed E-state index contributed by atoms with van der Waals surface area (Å²) in [6.07, 6.45) is 0. The first-order valence-electron chi connectivity index (χ1n) is 11.6. The van der Waals surface area contributed by atoms with E-state index in [9.17, 15) is 9.59 Å². The van der Waals surface area contributed by atoms with Gasteiger partial charge in [0.1, 0.15) is 0 Å². The minimum Gasteiger partial charge on any atom is -0.268 e. The highest BCUT2D eigenvalue weighted by Crippen LogP contribution is 2.45. The van der Waals surface area contributed by atoms with Gasteiger partial charge in [0.25, 0.3) is 11.8 Å². The summed E-state index contributed by atoms with van der Waals surface area (Å²) in [5.41, 5.74) is 3.23. The Morgan fingerprint density at radius 3 is 1.60 bits per heavy atom. The topological polar surface area (TPSA) is 37.4 Å². The van der Waals surface area contributed by atoms with Crippen molar-refractivity contribution >= 4 is 49.8 Å². The Hall–Kier alpha value is -4.76. The van der Waals surface area contributed by atoms with Gasteiger partial charge >= 0.3 is 0 Å². The smallest absolute Gasteiger partial charge is 0.266 e. The van der Waals surface area contributed by atoms with Crippen molar-refractivity contribution in [3.63, 3.8) is 0 Å². The van der Waals surface area contributed by atoms with E-state index < -0.39 is 0 Å². The maximum absolute atomic E-state index is 14.1. The molecule has 0 spiro atoms. The Bertz CT molecular complexity index is 1820. The SMILES string of the molecule is O=C1c2c(-c3ccccc3)cc3c4ccccc4c4ccccc4c3c2C(=O)N1c1ccccc1. The van der Waals surface area contributed by atoms with Crippen molar-refractivity contribution in [1.29, 1.82) is 0 Å². The molecule has 0 bridgehead atoms. The first-order valence-corrected chi connectivity index (χ1v) is 11.6. The number of imide groups is 1. The van der Waals surface area contributed by atoms with Crippen LogP contribution >= 0.6 is 0 Å². The predicted molar refractivity (Wildman–Crippen MR) is 142 cm³/mol. The zero-order valence-electron chi connectivity index (χ0n) is 18.7. The van der Waals surface area contributed by atoms with E-state index in [-0.39, 0.29) is 11.8 Å². The lowest BCUT2D eigenvalue weighted by Gasteiger charge is -2.15. The minimum atomic E-state index is -0.283. The van der Waals surface area contributed by atoms with Crippen LogP contribution in [0.1, 0.15) is 20.7 Å². The molecular weight excluding hydrogens is 430 g/mol. The van der Waals surface area contributed by atoms with Gasteiger partial charge in [-0.05, 0) is 56.3 Å². The molecule has 0 saturated carbocycles. The van der Waals surface area contributed by atoms with Crippen LogP contribution in [0.4, 0.5) is 5.69 Å². The summed E-state index contributed by atoms with van der Waals surface area (Å²) >= 11 is 0. The third kappa shape index (κ3) is 2.72. The summed E-state index contributed by atoms with van der Waals surface area (Å²) in [5, 5.41) is 6.07. The fourth-order valence-corrected chi connectivity index (χ4v) is 5.47. The molecule has 3 nitrogen and oxygen atoms in total. The number of rotatable bonds is 2. The normalized spacial score (nSPS) is 13.2. The second-order valence-corrected chi connectivity index (χ2v) is 8.84. The van der Waals surface area contributed by atoms with E-state index in [0.29, 0.717) is 16.8 Å². The van der Waals surface area contributed by atoms with Crippen LogP contribution in [-0.2, 0) is 0 Å². The number of hydrogen-bond acceptors (Lipinski definition) is 2. The minimum absolute atomic E-state index is 0.278. The van der Waals surface area contributed by atoms with Crippen LogP contribution in [-0.4, -0.2) is 11.8 Å². The molecule has 0 fully saturated rings. The van der Waals surface area contributed by atoms with Crippen LogP contribution in [0.2, 0.25) is 0 Å². The molecular formula is C32H19NO2. The van der Waals surface area contributed by atoms with Crippen LogP contribution in [0.25, 0.3) is 43.4 Å². The molecule has 0 atom stereocenters. The molecule has 0 N–H and O–H groups in total. The van der Waals surface area contributed by atoms with Gasteiger partial charge in [-0.3, -0.25) is 9.59 Å². The third-order valence-electron chi connectivity index (χ3n) is 6.96. The largest absolute Gasteiger partial charge is 0.268 e. The molecule has 0 aliphatic carbocycles. The molecule has 0 radical (unpaired) electrons. The molecule has 1 aliphatic heterocycles. The number of carbonyl (C=O) groups excluding carboxylic acids is 2. The lowest BCUT2D eigenvalue weighted by molar-refractivity contribution is 0.0927. The molecule has 164 valence electrons. The highest BCUT2D eigenvalue weighted by atomic mass is 16.2. The number of benzene rings is 6. The van der Waals surface area contributed by atoms with Crippen molar-refractivity contribution in [2.45, 2.75) is 0 Å².